The molecule has 1 amide bonds. The largest absolute Gasteiger partial charge is 0.457 e. The highest BCUT2D eigenvalue weighted by Crippen LogP contribution is 2.27. The molecule has 4 nitrogen and oxygen atoms in total. The second-order valence-electron chi connectivity index (χ2n) is 6.07. The Morgan fingerprint density at radius 2 is 1.87 bits per heavy atom. The Morgan fingerprint density at radius 3 is 2.65 bits per heavy atom. The van der Waals surface area contributed by atoms with Gasteiger partial charge < -0.3 is 10.1 Å². The molecule has 23 heavy (non-hydrogen) atoms. The lowest BCUT2D eigenvalue weighted by Crippen LogP contribution is -2.18. The Kier molecular flexibility index (Phi) is 5.25. The Hall–Kier alpha value is -2.36. The number of carbonyl (C=O) groups is 1. The van der Waals surface area contributed by atoms with Crippen LogP contribution in [0.3, 0.4) is 0 Å². The number of rotatable bonds is 5. The molecule has 1 aliphatic carbocycles. The number of benzene rings is 1. The van der Waals surface area contributed by atoms with Crippen LogP contribution in [0.2, 0.25) is 0 Å². The average molecular weight is 310 g/mol. The van der Waals surface area contributed by atoms with Crippen molar-refractivity contribution in [2.45, 2.75) is 38.5 Å². The molecule has 4 heteroatoms. The number of hydrogen-bond acceptors (Lipinski definition) is 3. The molecule has 1 aromatic carbocycles. The van der Waals surface area contributed by atoms with Gasteiger partial charge in [-0.05, 0) is 43.0 Å². The first-order valence-electron chi connectivity index (χ1n) is 8.27. The van der Waals surface area contributed by atoms with E-state index in [9.17, 15) is 4.79 Å². The predicted octanol–water partition coefficient (Wildman–Crippen LogP) is 4.78. The number of pyridine rings is 1. The standard InChI is InChI=1S/C19H22N2O2/c22-19(13-15-5-2-1-3-6-15)21-16-7-4-8-18(14-16)23-17-9-11-20-12-10-17/h4,7-12,14-15H,1-3,5-6,13H2,(H,21,22). The summed E-state index contributed by atoms with van der Waals surface area (Å²) in [5.74, 6) is 2.07. The van der Waals surface area contributed by atoms with Crippen molar-refractivity contribution in [1.29, 1.82) is 0 Å². The molecule has 2 aromatic rings. The Labute approximate surface area is 136 Å². The van der Waals surface area contributed by atoms with Crippen molar-refractivity contribution in [2.24, 2.45) is 5.92 Å². The Morgan fingerprint density at radius 1 is 1.09 bits per heavy atom. The highest BCUT2D eigenvalue weighted by atomic mass is 16.5. The number of anilines is 1. The van der Waals surface area contributed by atoms with Crippen molar-refractivity contribution < 1.29 is 9.53 Å². The third-order valence-corrected chi connectivity index (χ3v) is 4.20. The second kappa shape index (κ2) is 7.77. The summed E-state index contributed by atoms with van der Waals surface area (Å²) >= 11 is 0. The van der Waals surface area contributed by atoms with Gasteiger partial charge in [-0.15, -0.1) is 0 Å². The molecule has 3 rings (SSSR count). The third kappa shape index (κ3) is 4.81. The number of nitrogens with zero attached hydrogens (tertiary/aromatic N) is 1. The Bertz CT molecular complexity index is 637. The van der Waals surface area contributed by atoms with Crippen molar-refractivity contribution >= 4 is 11.6 Å². The van der Waals surface area contributed by atoms with Gasteiger partial charge in [-0.1, -0.05) is 25.3 Å². The summed E-state index contributed by atoms with van der Waals surface area (Å²) in [6.07, 6.45) is 10.2. The first-order valence-corrected chi connectivity index (χ1v) is 8.27. The quantitative estimate of drug-likeness (QED) is 0.864. The van der Waals surface area contributed by atoms with E-state index < -0.39 is 0 Å². The fraction of sp³-hybridized carbons (Fsp3) is 0.368. The predicted molar refractivity (Wildman–Crippen MR) is 90.6 cm³/mol. The maximum absolute atomic E-state index is 12.2. The van der Waals surface area contributed by atoms with Gasteiger partial charge in [0.05, 0.1) is 0 Å². The number of nitrogens with one attached hydrogen (secondary N) is 1. The van der Waals surface area contributed by atoms with Crippen LogP contribution in [0.5, 0.6) is 11.5 Å². The number of amides is 1. The minimum absolute atomic E-state index is 0.0953. The summed E-state index contributed by atoms with van der Waals surface area (Å²) in [5.41, 5.74) is 0.775. The molecule has 1 N–H and O–H groups in total. The molecule has 0 atom stereocenters. The molecule has 0 radical (unpaired) electrons. The van der Waals surface area contributed by atoms with Gasteiger partial charge in [0.15, 0.2) is 0 Å². The van der Waals surface area contributed by atoms with E-state index in [1.807, 2.05) is 24.3 Å². The van der Waals surface area contributed by atoms with E-state index in [4.69, 9.17) is 4.74 Å². The molecule has 0 unspecified atom stereocenters. The molecule has 1 saturated carbocycles. The number of aromatic nitrogens is 1. The van der Waals surface area contributed by atoms with Gasteiger partial charge >= 0.3 is 0 Å². The number of carbonyl (C=O) groups excluding carboxylic acids is 1. The molecule has 0 saturated heterocycles. The van der Waals surface area contributed by atoms with E-state index >= 15 is 0 Å². The Balaban J connectivity index is 1.57. The summed E-state index contributed by atoms with van der Waals surface area (Å²) in [6.45, 7) is 0. The molecular formula is C19H22N2O2. The van der Waals surface area contributed by atoms with Crippen LogP contribution in [0.15, 0.2) is 48.8 Å². The zero-order valence-electron chi connectivity index (χ0n) is 13.2. The topological polar surface area (TPSA) is 51.2 Å². The van der Waals surface area contributed by atoms with Gasteiger partial charge in [0, 0.05) is 30.6 Å². The van der Waals surface area contributed by atoms with Gasteiger partial charge in [0.2, 0.25) is 5.91 Å². The van der Waals surface area contributed by atoms with Gasteiger partial charge in [-0.2, -0.15) is 0 Å². The van der Waals surface area contributed by atoms with Crippen LogP contribution < -0.4 is 10.1 Å². The van der Waals surface area contributed by atoms with Gasteiger partial charge in [-0.3, -0.25) is 9.78 Å². The molecule has 0 aliphatic heterocycles. The van der Waals surface area contributed by atoms with E-state index in [0.717, 1.165) is 11.4 Å². The minimum atomic E-state index is 0.0953. The normalized spacial score (nSPS) is 15.1. The zero-order chi connectivity index (χ0) is 15.9. The van der Waals surface area contributed by atoms with Gasteiger partial charge in [0.25, 0.3) is 0 Å². The van der Waals surface area contributed by atoms with E-state index in [1.165, 1.54) is 32.1 Å². The number of hydrogen-bond donors (Lipinski definition) is 1. The monoisotopic (exact) mass is 310 g/mol. The lowest BCUT2D eigenvalue weighted by molar-refractivity contribution is -0.117. The van der Waals surface area contributed by atoms with Crippen LogP contribution in [0.25, 0.3) is 0 Å². The molecular weight excluding hydrogens is 288 g/mol. The van der Waals surface area contributed by atoms with Crippen LogP contribution >= 0.6 is 0 Å². The second-order valence-corrected chi connectivity index (χ2v) is 6.07. The average Bonchev–Trinajstić information content (AvgIpc) is 2.57. The van der Waals surface area contributed by atoms with Gasteiger partial charge in [-0.25, -0.2) is 0 Å². The summed E-state index contributed by atoms with van der Waals surface area (Å²) in [4.78, 5) is 16.2. The van der Waals surface area contributed by atoms with Crippen molar-refractivity contribution in [3.05, 3.63) is 48.8 Å². The molecule has 1 aliphatic rings. The van der Waals surface area contributed by atoms with E-state index in [2.05, 4.69) is 10.3 Å². The summed E-state index contributed by atoms with van der Waals surface area (Å²) in [7, 11) is 0. The lowest BCUT2D eigenvalue weighted by Gasteiger charge is -2.20. The summed E-state index contributed by atoms with van der Waals surface area (Å²) in [5, 5.41) is 2.98. The maximum atomic E-state index is 12.2. The molecule has 1 aromatic heterocycles. The van der Waals surface area contributed by atoms with Crippen LogP contribution in [0.4, 0.5) is 5.69 Å². The molecule has 1 fully saturated rings. The fourth-order valence-corrected chi connectivity index (χ4v) is 3.05. The molecule has 1 heterocycles. The fourth-order valence-electron chi connectivity index (χ4n) is 3.05. The van der Waals surface area contributed by atoms with Crippen LogP contribution in [-0.4, -0.2) is 10.9 Å². The van der Waals surface area contributed by atoms with Crippen molar-refractivity contribution in [3.8, 4) is 11.5 Å². The number of ether oxygens (including phenoxy) is 1. The van der Waals surface area contributed by atoms with Crippen molar-refractivity contribution in [1.82, 2.24) is 4.98 Å². The molecule has 120 valence electrons. The SMILES string of the molecule is O=C(CC1CCCCC1)Nc1cccc(Oc2ccncc2)c1. The van der Waals surface area contributed by atoms with E-state index in [0.29, 0.717) is 18.1 Å². The van der Waals surface area contributed by atoms with E-state index in [1.54, 1.807) is 24.5 Å². The van der Waals surface area contributed by atoms with Crippen LogP contribution in [-0.2, 0) is 4.79 Å². The smallest absolute Gasteiger partial charge is 0.224 e. The van der Waals surface area contributed by atoms with Crippen LogP contribution in [0, 0.1) is 5.92 Å². The van der Waals surface area contributed by atoms with Crippen molar-refractivity contribution in [2.75, 3.05) is 5.32 Å². The highest BCUT2D eigenvalue weighted by molar-refractivity contribution is 5.91. The lowest BCUT2D eigenvalue weighted by atomic mass is 9.87. The van der Waals surface area contributed by atoms with Gasteiger partial charge in [0.1, 0.15) is 11.5 Å². The molecule has 0 spiro atoms. The maximum Gasteiger partial charge on any atom is 0.224 e. The van der Waals surface area contributed by atoms with E-state index in [-0.39, 0.29) is 5.91 Å². The summed E-state index contributed by atoms with van der Waals surface area (Å²) in [6, 6.07) is 11.1. The van der Waals surface area contributed by atoms with Crippen molar-refractivity contribution in [3.63, 3.8) is 0 Å². The first-order chi connectivity index (χ1) is 11.3. The third-order valence-electron chi connectivity index (χ3n) is 4.20. The first kappa shape index (κ1) is 15.5. The minimum Gasteiger partial charge on any atom is -0.457 e. The highest BCUT2D eigenvalue weighted by Gasteiger charge is 2.17. The zero-order valence-corrected chi connectivity index (χ0v) is 13.2. The summed E-state index contributed by atoms with van der Waals surface area (Å²) < 4.78 is 5.76. The molecule has 0 bridgehead atoms. The van der Waals surface area contributed by atoms with Crippen LogP contribution in [0.1, 0.15) is 38.5 Å².